The molecule has 0 N–H and O–H groups in total. The first kappa shape index (κ1) is 17.8. The summed E-state index contributed by atoms with van der Waals surface area (Å²) < 4.78 is 6.80. The van der Waals surface area contributed by atoms with E-state index >= 15 is 0 Å². The topological polar surface area (TPSA) is 100 Å². The number of hydrogen-bond acceptors (Lipinski definition) is 6. The van der Waals surface area contributed by atoms with Gasteiger partial charge >= 0.3 is 6.09 Å². The van der Waals surface area contributed by atoms with Crippen LogP contribution in [0.25, 0.3) is 22.3 Å². The molecule has 0 aliphatic heterocycles. The molecular weight excluding hydrogens is 360 g/mol. The number of aromatic nitrogens is 3. The highest BCUT2D eigenvalue weighted by molar-refractivity contribution is 6.28. The molecular formula is C17H15ClN4O4. The molecule has 2 aromatic heterocycles. The van der Waals surface area contributed by atoms with Crippen molar-refractivity contribution in [2.45, 2.75) is 26.4 Å². The maximum absolute atomic E-state index is 12.8. The number of fused-ring (bicyclic) bond motifs is 1. The normalized spacial score (nSPS) is 11.5. The van der Waals surface area contributed by atoms with Crippen LogP contribution in [-0.4, -0.2) is 31.2 Å². The minimum Gasteiger partial charge on any atom is -0.443 e. The van der Waals surface area contributed by atoms with Crippen LogP contribution in [0.1, 0.15) is 20.8 Å². The van der Waals surface area contributed by atoms with Crippen LogP contribution in [0.15, 0.2) is 36.5 Å². The summed E-state index contributed by atoms with van der Waals surface area (Å²) in [5, 5.41) is 11.6. The van der Waals surface area contributed by atoms with Gasteiger partial charge in [-0.1, -0.05) is 0 Å². The Hall–Kier alpha value is -3.00. The van der Waals surface area contributed by atoms with E-state index in [1.54, 1.807) is 32.9 Å². The van der Waals surface area contributed by atoms with Crippen molar-refractivity contribution in [3.05, 3.63) is 51.9 Å². The summed E-state index contributed by atoms with van der Waals surface area (Å²) in [6.07, 6.45) is 0.843. The van der Waals surface area contributed by atoms with E-state index in [-0.39, 0.29) is 11.0 Å². The van der Waals surface area contributed by atoms with Crippen LogP contribution < -0.4 is 0 Å². The van der Waals surface area contributed by atoms with Crippen molar-refractivity contribution in [1.82, 2.24) is 14.5 Å². The van der Waals surface area contributed by atoms with Crippen molar-refractivity contribution in [2.75, 3.05) is 0 Å². The van der Waals surface area contributed by atoms with E-state index < -0.39 is 16.6 Å². The van der Waals surface area contributed by atoms with Crippen molar-refractivity contribution in [3.8, 4) is 11.4 Å². The van der Waals surface area contributed by atoms with Crippen LogP contribution in [0.4, 0.5) is 10.5 Å². The monoisotopic (exact) mass is 374 g/mol. The summed E-state index contributed by atoms with van der Waals surface area (Å²) in [6.45, 7) is 5.26. The lowest BCUT2D eigenvalue weighted by atomic mass is 10.2. The van der Waals surface area contributed by atoms with Gasteiger partial charge in [0.2, 0.25) is 5.28 Å². The van der Waals surface area contributed by atoms with E-state index in [1.807, 2.05) is 0 Å². The predicted molar refractivity (Wildman–Crippen MR) is 96.3 cm³/mol. The minimum atomic E-state index is -0.713. The zero-order chi connectivity index (χ0) is 19.1. The SMILES string of the molecule is CC(C)(C)OC(=O)n1c(-c2ccnc(Cl)n2)cc2cc([N+](=O)[O-])ccc21. The van der Waals surface area contributed by atoms with Gasteiger partial charge in [0.1, 0.15) is 5.60 Å². The molecule has 0 spiro atoms. The first-order chi connectivity index (χ1) is 12.2. The van der Waals surface area contributed by atoms with Gasteiger partial charge in [-0.3, -0.25) is 10.1 Å². The molecule has 2 heterocycles. The van der Waals surface area contributed by atoms with Crippen LogP contribution in [0.3, 0.4) is 0 Å². The Labute approximate surface area is 153 Å². The summed E-state index contributed by atoms with van der Waals surface area (Å²) in [7, 11) is 0. The molecule has 0 aliphatic carbocycles. The molecule has 0 amide bonds. The average Bonchev–Trinajstić information content (AvgIpc) is 2.91. The zero-order valence-corrected chi connectivity index (χ0v) is 15.0. The second-order valence-corrected chi connectivity index (χ2v) is 6.89. The Bertz CT molecular complexity index is 1020. The van der Waals surface area contributed by atoms with E-state index in [0.29, 0.717) is 22.3 Å². The van der Waals surface area contributed by atoms with Gasteiger partial charge in [0.05, 0.1) is 21.8 Å². The van der Waals surface area contributed by atoms with Crippen molar-refractivity contribution in [1.29, 1.82) is 0 Å². The number of carbonyl (C=O) groups excluding carboxylic acids is 1. The van der Waals surface area contributed by atoms with E-state index in [0.717, 1.165) is 0 Å². The third-order valence-electron chi connectivity index (χ3n) is 3.46. The van der Waals surface area contributed by atoms with Gasteiger partial charge in [-0.15, -0.1) is 0 Å². The number of hydrogen-bond donors (Lipinski definition) is 0. The molecule has 0 radical (unpaired) electrons. The largest absolute Gasteiger partial charge is 0.443 e. The highest BCUT2D eigenvalue weighted by atomic mass is 35.5. The van der Waals surface area contributed by atoms with Gasteiger partial charge in [0.15, 0.2) is 0 Å². The lowest BCUT2D eigenvalue weighted by Gasteiger charge is -2.20. The molecule has 0 atom stereocenters. The van der Waals surface area contributed by atoms with Gasteiger partial charge < -0.3 is 4.74 Å². The van der Waals surface area contributed by atoms with Crippen molar-refractivity contribution in [3.63, 3.8) is 0 Å². The van der Waals surface area contributed by atoms with Crippen molar-refractivity contribution < 1.29 is 14.5 Å². The summed E-state index contributed by atoms with van der Waals surface area (Å²) in [5.74, 6) is 0. The highest BCUT2D eigenvalue weighted by Gasteiger charge is 2.24. The van der Waals surface area contributed by atoms with Crippen LogP contribution in [-0.2, 0) is 4.74 Å². The lowest BCUT2D eigenvalue weighted by Crippen LogP contribution is -2.27. The van der Waals surface area contributed by atoms with Gasteiger partial charge in [0, 0.05) is 23.7 Å². The molecule has 0 fully saturated rings. The molecule has 0 bridgehead atoms. The van der Waals surface area contributed by atoms with E-state index in [1.165, 1.54) is 29.0 Å². The number of nitrogens with zero attached hydrogens (tertiary/aromatic N) is 4. The number of nitro benzene ring substituents is 1. The molecule has 0 saturated carbocycles. The lowest BCUT2D eigenvalue weighted by molar-refractivity contribution is -0.384. The van der Waals surface area contributed by atoms with E-state index in [2.05, 4.69) is 9.97 Å². The minimum absolute atomic E-state index is 0.0227. The molecule has 9 heteroatoms. The summed E-state index contributed by atoms with van der Waals surface area (Å²) in [5.41, 5.74) is 0.476. The number of carbonyl (C=O) groups is 1. The maximum Gasteiger partial charge on any atom is 0.419 e. The Morgan fingerprint density at radius 2 is 2.00 bits per heavy atom. The van der Waals surface area contributed by atoms with Gasteiger partial charge in [-0.05, 0) is 50.6 Å². The maximum atomic E-state index is 12.8. The molecule has 26 heavy (non-hydrogen) atoms. The number of nitro groups is 1. The van der Waals surface area contributed by atoms with Gasteiger partial charge in [-0.2, -0.15) is 0 Å². The standard InChI is InChI=1S/C17H15ClN4O4/c1-17(2,3)26-16(23)21-13-5-4-11(22(24)25)8-10(13)9-14(21)12-6-7-19-15(18)20-12/h4-9H,1-3H3. The Morgan fingerprint density at radius 1 is 1.27 bits per heavy atom. The number of benzene rings is 1. The number of halogens is 1. The molecule has 0 saturated heterocycles. The summed E-state index contributed by atoms with van der Waals surface area (Å²) in [6, 6.07) is 7.45. The highest BCUT2D eigenvalue weighted by Crippen LogP contribution is 2.31. The zero-order valence-electron chi connectivity index (χ0n) is 14.3. The number of ether oxygens (including phenoxy) is 1. The number of rotatable bonds is 2. The molecule has 8 nitrogen and oxygen atoms in total. The van der Waals surface area contributed by atoms with Crippen LogP contribution in [0.2, 0.25) is 5.28 Å². The van der Waals surface area contributed by atoms with Crippen LogP contribution in [0.5, 0.6) is 0 Å². The fourth-order valence-corrected chi connectivity index (χ4v) is 2.63. The molecule has 0 aliphatic rings. The molecule has 3 rings (SSSR count). The Morgan fingerprint density at radius 3 is 2.62 bits per heavy atom. The molecule has 1 aromatic carbocycles. The average molecular weight is 375 g/mol. The second-order valence-electron chi connectivity index (χ2n) is 6.56. The number of non-ortho nitro benzene ring substituents is 1. The molecule has 134 valence electrons. The van der Waals surface area contributed by atoms with Crippen molar-refractivity contribution in [2.24, 2.45) is 0 Å². The second kappa shape index (κ2) is 6.38. The summed E-state index contributed by atoms with van der Waals surface area (Å²) >= 11 is 5.86. The smallest absolute Gasteiger partial charge is 0.419 e. The fraction of sp³-hybridized carbons (Fsp3) is 0.235. The van der Waals surface area contributed by atoms with Gasteiger partial charge in [-0.25, -0.2) is 19.3 Å². The third-order valence-corrected chi connectivity index (χ3v) is 3.64. The Kier molecular flexibility index (Phi) is 4.37. The van der Waals surface area contributed by atoms with E-state index in [9.17, 15) is 14.9 Å². The van der Waals surface area contributed by atoms with E-state index in [4.69, 9.17) is 16.3 Å². The quantitative estimate of drug-likeness (QED) is 0.373. The van der Waals surface area contributed by atoms with Gasteiger partial charge in [0.25, 0.3) is 5.69 Å². The fourth-order valence-electron chi connectivity index (χ4n) is 2.49. The van der Waals surface area contributed by atoms with Crippen LogP contribution in [0, 0.1) is 10.1 Å². The molecule has 3 aromatic rings. The molecule has 0 unspecified atom stereocenters. The van der Waals surface area contributed by atoms with Crippen LogP contribution >= 0.6 is 11.6 Å². The van der Waals surface area contributed by atoms with Crippen molar-refractivity contribution >= 4 is 34.3 Å². The first-order valence-electron chi connectivity index (χ1n) is 7.68. The Balaban J connectivity index is 2.25. The first-order valence-corrected chi connectivity index (χ1v) is 8.06. The summed E-state index contributed by atoms with van der Waals surface area (Å²) in [4.78, 5) is 31.3. The predicted octanol–water partition coefficient (Wildman–Crippen LogP) is 4.44. The third kappa shape index (κ3) is 3.50.